The Labute approximate surface area is 131 Å². The third-order valence-corrected chi connectivity index (χ3v) is 5.81. The van der Waals surface area contributed by atoms with E-state index in [0.29, 0.717) is 38.9 Å². The molecule has 0 radical (unpaired) electrons. The summed E-state index contributed by atoms with van der Waals surface area (Å²) in [5, 5.41) is 0. The summed E-state index contributed by atoms with van der Waals surface area (Å²) in [6, 6.07) is 0. The molecular formula is C14H24N2O5S. The number of sulfonamides is 1. The van der Waals surface area contributed by atoms with Gasteiger partial charge in [-0.1, -0.05) is 0 Å². The van der Waals surface area contributed by atoms with Gasteiger partial charge in [-0.2, -0.15) is 0 Å². The Morgan fingerprint density at radius 2 is 1.68 bits per heavy atom. The Bertz CT molecular complexity index is 525. The lowest BCUT2D eigenvalue weighted by atomic mass is 9.93. The SMILES string of the molecule is COC(=O)C1CCN(C(=O)[C@@H]2CCCN(S(C)(=O)=O)C2)CC1. The van der Waals surface area contributed by atoms with Gasteiger partial charge < -0.3 is 9.64 Å². The summed E-state index contributed by atoms with van der Waals surface area (Å²) in [7, 11) is -1.87. The fourth-order valence-corrected chi connectivity index (χ4v) is 4.12. The first-order valence-electron chi connectivity index (χ1n) is 7.64. The summed E-state index contributed by atoms with van der Waals surface area (Å²) < 4.78 is 29.4. The normalized spacial score (nSPS) is 25.0. The second-order valence-electron chi connectivity index (χ2n) is 6.08. The Hall–Kier alpha value is -1.15. The lowest BCUT2D eigenvalue weighted by Crippen LogP contribution is -2.48. The van der Waals surface area contributed by atoms with Crippen LogP contribution in [0.15, 0.2) is 0 Å². The van der Waals surface area contributed by atoms with Gasteiger partial charge in [0.15, 0.2) is 0 Å². The van der Waals surface area contributed by atoms with Crippen molar-refractivity contribution in [2.24, 2.45) is 11.8 Å². The van der Waals surface area contributed by atoms with Crippen molar-refractivity contribution in [3.05, 3.63) is 0 Å². The van der Waals surface area contributed by atoms with E-state index in [1.165, 1.54) is 17.7 Å². The molecule has 2 heterocycles. The smallest absolute Gasteiger partial charge is 0.308 e. The molecule has 0 N–H and O–H groups in total. The predicted octanol–water partition coefficient (Wildman–Crippen LogP) is 0.0696. The van der Waals surface area contributed by atoms with Gasteiger partial charge in [0.25, 0.3) is 0 Å². The first kappa shape index (κ1) is 17.2. The fourth-order valence-electron chi connectivity index (χ4n) is 3.21. The summed E-state index contributed by atoms with van der Waals surface area (Å²) >= 11 is 0. The number of carbonyl (C=O) groups excluding carboxylic acids is 2. The number of rotatable bonds is 3. The van der Waals surface area contributed by atoms with Crippen molar-refractivity contribution >= 4 is 21.9 Å². The quantitative estimate of drug-likeness (QED) is 0.683. The van der Waals surface area contributed by atoms with Crippen molar-refractivity contribution in [2.45, 2.75) is 25.7 Å². The van der Waals surface area contributed by atoms with E-state index >= 15 is 0 Å². The molecule has 7 nitrogen and oxygen atoms in total. The minimum atomic E-state index is -3.25. The van der Waals surface area contributed by atoms with Gasteiger partial charge in [0, 0.05) is 26.2 Å². The van der Waals surface area contributed by atoms with E-state index in [2.05, 4.69) is 0 Å². The molecule has 0 aromatic carbocycles. The summed E-state index contributed by atoms with van der Waals surface area (Å²) in [5.74, 6) is -0.601. The number of amides is 1. The molecule has 0 aliphatic carbocycles. The maximum atomic E-state index is 12.6. The number of nitrogens with zero attached hydrogens (tertiary/aromatic N) is 2. The van der Waals surface area contributed by atoms with Gasteiger partial charge in [-0.3, -0.25) is 9.59 Å². The lowest BCUT2D eigenvalue weighted by Gasteiger charge is -2.36. The van der Waals surface area contributed by atoms with Crippen LogP contribution in [0.3, 0.4) is 0 Å². The van der Waals surface area contributed by atoms with Crippen molar-refractivity contribution in [3.8, 4) is 0 Å². The summed E-state index contributed by atoms with van der Waals surface area (Å²) in [6.45, 7) is 1.84. The monoisotopic (exact) mass is 332 g/mol. The van der Waals surface area contributed by atoms with E-state index in [4.69, 9.17) is 4.74 Å². The number of likely N-dealkylation sites (tertiary alicyclic amines) is 1. The Kier molecular flexibility index (Phi) is 5.44. The van der Waals surface area contributed by atoms with Crippen molar-refractivity contribution in [1.29, 1.82) is 0 Å². The highest BCUT2D eigenvalue weighted by molar-refractivity contribution is 7.88. The highest BCUT2D eigenvalue weighted by atomic mass is 32.2. The van der Waals surface area contributed by atoms with Gasteiger partial charge in [0.05, 0.1) is 25.2 Å². The molecule has 2 rings (SSSR count). The zero-order valence-electron chi connectivity index (χ0n) is 13.2. The standard InChI is InChI=1S/C14H24N2O5S/c1-21-14(18)11-5-8-15(9-6-11)13(17)12-4-3-7-16(10-12)22(2,19)20/h11-12H,3-10H2,1-2H3/t12-/m1/s1. The first-order chi connectivity index (χ1) is 10.3. The Balaban J connectivity index is 1.91. The van der Waals surface area contributed by atoms with E-state index < -0.39 is 10.0 Å². The number of hydrogen-bond donors (Lipinski definition) is 0. The lowest BCUT2D eigenvalue weighted by molar-refractivity contribution is -0.149. The maximum absolute atomic E-state index is 12.6. The highest BCUT2D eigenvalue weighted by Crippen LogP contribution is 2.24. The second-order valence-corrected chi connectivity index (χ2v) is 8.07. The molecule has 22 heavy (non-hydrogen) atoms. The number of hydrogen-bond acceptors (Lipinski definition) is 5. The molecule has 2 saturated heterocycles. The van der Waals surface area contributed by atoms with Crippen molar-refractivity contribution in [2.75, 3.05) is 39.5 Å². The minimum absolute atomic E-state index is 0.0108. The third kappa shape index (κ3) is 3.98. The average Bonchev–Trinajstić information content (AvgIpc) is 2.53. The number of carbonyl (C=O) groups is 2. The third-order valence-electron chi connectivity index (χ3n) is 4.54. The molecule has 0 spiro atoms. The molecule has 2 aliphatic heterocycles. The number of esters is 1. The molecule has 126 valence electrons. The molecule has 0 aromatic heterocycles. The van der Waals surface area contributed by atoms with Crippen LogP contribution < -0.4 is 0 Å². The maximum Gasteiger partial charge on any atom is 0.308 e. The molecule has 0 unspecified atom stereocenters. The summed E-state index contributed by atoms with van der Waals surface area (Å²) in [4.78, 5) is 25.8. The fraction of sp³-hybridized carbons (Fsp3) is 0.857. The van der Waals surface area contributed by atoms with Gasteiger partial charge >= 0.3 is 5.97 Å². The van der Waals surface area contributed by atoms with Crippen LogP contribution in [0.5, 0.6) is 0 Å². The van der Waals surface area contributed by atoms with Gasteiger partial charge in [0.1, 0.15) is 0 Å². The van der Waals surface area contributed by atoms with E-state index in [-0.39, 0.29) is 30.3 Å². The van der Waals surface area contributed by atoms with Crippen LogP contribution in [0.25, 0.3) is 0 Å². The van der Waals surface area contributed by atoms with E-state index in [1.54, 1.807) is 4.90 Å². The molecule has 1 atom stereocenters. The molecule has 2 fully saturated rings. The van der Waals surface area contributed by atoms with E-state index in [0.717, 1.165) is 6.42 Å². The van der Waals surface area contributed by atoms with Gasteiger partial charge in [-0.05, 0) is 25.7 Å². The zero-order valence-corrected chi connectivity index (χ0v) is 14.0. The number of piperidine rings is 2. The van der Waals surface area contributed by atoms with Gasteiger partial charge in [0.2, 0.25) is 15.9 Å². The molecule has 0 saturated carbocycles. The van der Waals surface area contributed by atoms with Crippen molar-refractivity contribution in [1.82, 2.24) is 9.21 Å². The Morgan fingerprint density at radius 1 is 1.05 bits per heavy atom. The summed E-state index contributed by atoms with van der Waals surface area (Å²) in [5.41, 5.74) is 0. The average molecular weight is 332 g/mol. The summed E-state index contributed by atoms with van der Waals surface area (Å²) in [6.07, 6.45) is 3.84. The van der Waals surface area contributed by atoms with Crippen molar-refractivity contribution in [3.63, 3.8) is 0 Å². The van der Waals surface area contributed by atoms with E-state index in [9.17, 15) is 18.0 Å². The largest absolute Gasteiger partial charge is 0.469 e. The van der Waals surface area contributed by atoms with Crippen LogP contribution in [-0.4, -0.2) is 69.0 Å². The molecule has 0 aromatic rings. The molecule has 0 bridgehead atoms. The second kappa shape index (κ2) is 6.95. The van der Waals surface area contributed by atoms with Crippen molar-refractivity contribution < 1.29 is 22.7 Å². The van der Waals surface area contributed by atoms with Crippen LogP contribution in [0.2, 0.25) is 0 Å². The zero-order chi connectivity index (χ0) is 16.3. The molecule has 8 heteroatoms. The van der Waals surface area contributed by atoms with Gasteiger partial charge in [-0.15, -0.1) is 0 Å². The van der Waals surface area contributed by atoms with Crippen LogP contribution >= 0.6 is 0 Å². The van der Waals surface area contributed by atoms with Crippen LogP contribution in [0.1, 0.15) is 25.7 Å². The van der Waals surface area contributed by atoms with Crippen LogP contribution in [-0.2, 0) is 24.3 Å². The number of methoxy groups -OCH3 is 1. The predicted molar refractivity (Wildman–Crippen MR) is 80.5 cm³/mol. The topological polar surface area (TPSA) is 84.0 Å². The van der Waals surface area contributed by atoms with Crippen LogP contribution in [0, 0.1) is 11.8 Å². The Morgan fingerprint density at radius 3 is 2.23 bits per heavy atom. The first-order valence-corrected chi connectivity index (χ1v) is 9.49. The van der Waals surface area contributed by atoms with E-state index in [1.807, 2.05) is 0 Å². The highest BCUT2D eigenvalue weighted by Gasteiger charge is 2.35. The molecule has 2 aliphatic rings. The van der Waals surface area contributed by atoms with Gasteiger partial charge in [-0.25, -0.2) is 12.7 Å². The number of ether oxygens (including phenoxy) is 1. The minimum Gasteiger partial charge on any atom is -0.469 e. The van der Waals surface area contributed by atoms with Crippen LogP contribution in [0.4, 0.5) is 0 Å². The molecular weight excluding hydrogens is 308 g/mol. The molecule has 1 amide bonds.